The molecule has 24 heavy (non-hydrogen) atoms. The van der Waals surface area contributed by atoms with Gasteiger partial charge in [0.1, 0.15) is 6.61 Å². The van der Waals surface area contributed by atoms with Crippen molar-refractivity contribution >= 4 is 35.0 Å². The van der Waals surface area contributed by atoms with Gasteiger partial charge in [0, 0.05) is 23.4 Å². The third-order valence-electron chi connectivity index (χ3n) is 3.92. The fourth-order valence-corrected chi connectivity index (χ4v) is 2.79. The van der Waals surface area contributed by atoms with E-state index < -0.39 is 5.82 Å². The Morgan fingerprint density at radius 3 is 2.83 bits per heavy atom. The van der Waals surface area contributed by atoms with E-state index in [2.05, 4.69) is 4.98 Å². The quantitative estimate of drug-likeness (QED) is 0.614. The molecule has 0 bridgehead atoms. The van der Waals surface area contributed by atoms with Gasteiger partial charge in [0.2, 0.25) is 0 Å². The van der Waals surface area contributed by atoms with E-state index in [1.807, 2.05) is 24.3 Å². The zero-order chi connectivity index (χ0) is 15.8. The largest absolute Gasteiger partial charge is 0.485 e. The standard InChI is InChI=1S/C19H12FNO2.ClH/c20-17-6-2-5-16-18(22)14(11-23-19(16)17)9-12-3-1-4-13-10-21-8-7-15(12)13;/h1-10H,11H2;1H/b14-9-;. The number of aromatic nitrogens is 1. The van der Waals surface area contributed by atoms with Gasteiger partial charge in [-0.15, -0.1) is 12.4 Å². The molecule has 2 aromatic carbocycles. The first-order chi connectivity index (χ1) is 11.2. The number of pyridine rings is 1. The summed E-state index contributed by atoms with van der Waals surface area (Å²) in [5.74, 6) is -0.667. The Morgan fingerprint density at radius 2 is 1.96 bits per heavy atom. The molecule has 0 fully saturated rings. The van der Waals surface area contributed by atoms with Crippen LogP contribution in [0.15, 0.2) is 60.4 Å². The highest BCUT2D eigenvalue weighted by molar-refractivity contribution is 6.14. The number of rotatable bonds is 1. The third-order valence-corrected chi connectivity index (χ3v) is 3.92. The number of nitrogens with zero attached hydrogens (tertiary/aromatic N) is 1. The molecule has 120 valence electrons. The Hall–Kier alpha value is -2.72. The smallest absolute Gasteiger partial charge is 0.196 e. The van der Waals surface area contributed by atoms with Crippen LogP contribution in [0.4, 0.5) is 4.39 Å². The topological polar surface area (TPSA) is 39.2 Å². The lowest BCUT2D eigenvalue weighted by Gasteiger charge is -2.19. The minimum absolute atomic E-state index is 0. The van der Waals surface area contributed by atoms with Crippen molar-refractivity contribution in [3.8, 4) is 5.75 Å². The number of benzene rings is 2. The van der Waals surface area contributed by atoms with E-state index >= 15 is 0 Å². The number of fused-ring (bicyclic) bond motifs is 2. The first-order valence-corrected chi connectivity index (χ1v) is 7.23. The van der Waals surface area contributed by atoms with Crippen molar-refractivity contribution in [1.82, 2.24) is 4.98 Å². The van der Waals surface area contributed by atoms with Crippen LogP contribution >= 0.6 is 12.4 Å². The summed E-state index contributed by atoms with van der Waals surface area (Å²) in [5.41, 5.74) is 1.69. The van der Waals surface area contributed by atoms with E-state index in [0.717, 1.165) is 16.3 Å². The highest BCUT2D eigenvalue weighted by atomic mass is 35.5. The number of Topliss-reactive ketones (excluding diaryl/α,β-unsaturated/α-hetero) is 1. The number of hydrogen-bond acceptors (Lipinski definition) is 3. The Morgan fingerprint density at radius 1 is 1.12 bits per heavy atom. The molecular formula is C19H13ClFNO2. The second kappa shape index (κ2) is 6.42. The summed E-state index contributed by atoms with van der Waals surface area (Å²) < 4.78 is 19.1. The lowest BCUT2D eigenvalue weighted by Crippen LogP contribution is -2.19. The molecule has 0 amide bonds. The van der Waals surface area contributed by atoms with Gasteiger partial charge in [0.25, 0.3) is 0 Å². The Kier molecular flexibility index (Phi) is 4.32. The van der Waals surface area contributed by atoms with E-state index in [4.69, 9.17) is 4.74 Å². The number of ether oxygens (including phenoxy) is 1. The molecule has 0 saturated heterocycles. The molecule has 0 aliphatic carbocycles. The van der Waals surface area contributed by atoms with Gasteiger partial charge in [-0.3, -0.25) is 9.78 Å². The minimum Gasteiger partial charge on any atom is -0.485 e. The third kappa shape index (κ3) is 2.65. The molecule has 3 aromatic rings. The second-order valence-electron chi connectivity index (χ2n) is 5.35. The van der Waals surface area contributed by atoms with Crippen molar-refractivity contribution in [3.05, 3.63) is 77.4 Å². The predicted octanol–water partition coefficient (Wildman–Crippen LogP) is 4.45. The highest BCUT2D eigenvalue weighted by Gasteiger charge is 2.25. The van der Waals surface area contributed by atoms with Crippen LogP contribution in [0.2, 0.25) is 0 Å². The zero-order valence-corrected chi connectivity index (χ0v) is 13.3. The van der Waals surface area contributed by atoms with E-state index in [9.17, 15) is 9.18 Å². The van der Waals surface area contributed by atoms with E-state index in [-0.39, 0.29) is 36.1 Å². The number of carbonyl (C=O) groups excluding carboxylic acids is 1. The number of carbonyl (C=O) groups is 1. The maximum Gasteiger partial charge on any atom is 0.196 e. The van der Waals surface area contributed by atoms with Gasteiger partial charge in [0.15, 0.2) is 17.3 Å². The molecule has 0 spiro atoms. The van der Waals surface area contributed by atoms with Gasteiger partial charge in [-0.05, 0) is 35.2 Å². The molecule has 4 rings (SSSR count). The van der Waals surface area contributed by atoms with E-state index in [1.165, 1.54) is 12.1 Å². The van der Waals surface area contributed by atoms with Crippen LogP contribution in [0.25, 0.3) is 16.8 Å². The molecule has 0 atom stereocenters. The van der Waals surface area contributed by atoms with Crippen LogP contribution in [0.5, 0.6) is 5.75 Å². The summed E-state index contributed by atoms with van der Waals surface area (Å²) >= 11 is 0. The molecule has 0 unspecified atom stereocenters. The Balaban J connectivity index is 0.00000169. The molecule has 1 aromatic heterocycles. The van der Waals surface area contributed by atoms with Crippen LogP contribution in [-0.2, 0) is 0 Å². The maximum atomic E-state index is 13.7. The van der Waals surface area contributed by atoms with Gasteiger partial charge in [-0.2, -0.15) is 0 Å². The van der Waals surface area contributed by atoms with Gasteiger partial charge >= 0.3 is 0 Å². The summed E-state index contributed by atoms with van der Waals surface area (Å²) in [5, 5.41) is 2.00. The van der Waals surface area contributed by atoms with Crippen LogP contribution in [-0.4, -0.2) is 17.4 Å². The lowest BCUT2D eigenvalue weighted by molar-refractivity contribution is 0.0998. The van der Waals surface area contributed by atoms with Crippen LogP contribution in [0.3, 0.4) is 0 Å². The van der Waals surface area contributed by atoms with Crippen molar-refractivity contribution in [3.63, 3.8) is 0 Å². The fourth-order valence-electron chi connectivity index (χ4n) is 2.79. The average molecular weight is 342 g/mol. The summed E-state index contributed by atoms with van der Waals surface area (Å²) in [4.78, 5) is 16.7. The van der Waals surface area contributed by atoms with Gasteiger partial charge in [0.05, 0.1) is 5.56 Å². The maximum absolute atomic E-state index is 13.7. The van der Waals surface area contributed by atoms with Gasteiger partial charge in [-0.25, -0.2) is 4.39 Å². The summed E-state index contributed by atoms with van der Waals surface area (Å²) in [6.07, 6.45) is 5.30. The van der Waals surface area contributed by atoms with Crippen molar-refractivity contribution < 1.29 is 13.9 Å². The highest BCUT2D eigenvalue weighted by Crippen LogP contribution is 2.31. The van der Waals surface area contributed by atoms with Crippen LogP contribution < -0.4 is 4.74 Å². The SMILES string of the molecule is Cl.O=C1/C(=C\c2cccc3cnccc23)COc2c(F)cccc21. The minimum atomic E-state index is -0.508. The van der Waals surface area contributed by atoms with Crippen molar-refractivity contribution in [2.45, 2.75) is 0 Å². The Bertz CT molecular complexity index is 963. The molecule has 2 heterocycles. The normalized spacial score (nSPS) is 14.9. The molecule has 0 saturated carbocycles. The average Bonchev–Trinajstić information content (AvgIpc) is 2.58. The molecule has 5 heteroatoms. The van der Waals surface area contributed by atoms with Crippen LogP contribution in [0, 0.1) is 5.82 Å². The second-order valence-corrected chi connectivity index (χ2v) is 5.35. The summed E-state index contributed by atoms with van der Waals surface area (Å²) in [7, 11) is 0. The molecule has 1 aliphatic heterocycles. The monoisotopic (exact) mass is 341 g/mol. The molecule has 3 nitrogen and oxygen atoms in total. The van der Waals surface area contributed by atoms with Crippen molar-refractivity contribution in [2.75, 3.05) is 6.61 Å². The summed E-state index contributed by atoms with van der Waals surface area (Å²) in [6.45, 7) is 0.0637. The number of halogens is 2. The first kappa shape index (κ1) is 16.1. The molecule has 1 aliphatic rings. The van der Waals surface area contributed by atoms with Crippen molar-refractivity contribution in [2.24, 2.45) is 0 Å². The Labute approximate surface area is 144 Å². The first-order valence-electron chi connectivity index (χ1n) is 7.23. The molecule has 0 N–H and O–H groups in total. The lowest BCUT2D eigenvalue weighted by atomic mass is 9.97. The van der Waals surface area contributed by atoms with E-state index in [1.54, 1.807) is 24.5 Å². The fraction of sp³-hybridized carbons (Fsp3) is 0.0526. The zero-order valence-electron chi connectivity index (χ0n) is 12.5. The molecular weight excluding hydrogens is 329 g/mol. The van der Waals surface area contributed by atoms with Gasteiger partial charge in [-0.1, -0.05) is 24.3 Å². The van der Waals surface area contributed by atoms with Crippen LogP contribution in [0.1, 0.15) is 15.9 Å². The predicted molar refractivity (Wildman–Crippen MR) is 93.2 cm³/mol. The van der Waals surface area contributed by atoms with Crippen molar-refractivity contribution in [1.29, 1.82) is 0 Å². The number of hydrogen-bond donors (Lipinski definition) is 0. The number of para-hydroxylation sites is 1. The summed E-state index contributed by atoms with van der Waals surface area (Å²) in [6, 6.07) is 12.1. The number of ketones is 1. The molecule has 0 radical (unpaired) electrons. The van der Waals surface area contributed by atoms with E-state index in [0.29, 0.717) is 5.57 Å². The van der Waals surface area contributed by atoms with Gasteiger partial charge < -0.3 is 4.74 Å².